The topological polar surface area (TPSA) is 40.5 Å². The van der Waals surface area contributed by atoms with Gasteiger partial charge in [-0.3, -0.25) is 4.99 Å². The molecule has 3 nitrogen and oxygen atoms in total. The Morgan fingerprint density at radius 3 is 1.90 bits per heavy atom. The quantitative estimate of drug-likeness (QED) is 0.535. The second-order valence-corrected chi connectivity index (χ2v) is 8.00. The first-order valence-corrected chi connectivity index (χ1v) is 11.0. The van der Waals surface area contributed by atoms with Crippen molar-refractivity contribution < 1.29 is 0 Å². The molecule has 0 saturated heterocycles. The van der Waals surface area contributed by atoms with Crippen LogP contribution in [-0.2, 0) is 6.42 Å². The molecule has 1 aromatic rings. The Hall–Kier alpha value is -2.42. The fourth-order valence-electron chi connectivity index (χ4n) is 4.78. The smallest absolute Gasteiger partial charge is 0.0694 e. The van der Waals surface area contributed by atoms with E-state index in [1.807, 2.05) is 0 Å². The van der Waals surface area contributed by atoms with Gasteiger partial charge in [-0.15, -0.1) is 0 Å². The number of H-pyrrole nitrogens is 1. The van der Waals surface area contributed by atoms with E-state index in [4.69, 9.17) is 9.98 Å². The zero-order valence-corrected chi connectivity index (χ0v) is 19.4. The van der Waals surface area contributed by atoms with Crippen LogP contribution >= 0.6 is 0 Å². The predicted molar refractivity (Wildman–Crippen MR) is 127 cm³/mol. The number of aromatic nitrogens is 1. The molecule has 1 aromatic heterocycles. The lowest BCUT2D eigenvalue weighted by atomic mass is 9.97. The van der Waals surface area contributed by atoms with Gasteiger partial charge in [0.25, 0.3) is 0 Å². The molecule has 0 aliphatic carbocycles. The Kier molecular flexibility index (Phi) is 6.26. The maximum Gasteiger partial charge on any atom is 0.0694 e. The summed E-state index contributed by atoms with van der Waals surface area (Å²) in [4.78, 5) is 13.5. The molecule has 2 aliphatic rings. The van der Waals surface area contributed by atoms with Crippen LogP contribution in [0.3, 0.4) is 0 Å². The molecule has 0 fully saturated rings. The van der Waals surface area contributed by atoms with Gasteiger partial charge in [-0.25, -0.2) is 4.99 Å². The Balaban J connectivity index is 2.10. The number of aromatic amines is 1. The standard InChI is InChI=1S/C26H35N3/c1-9-19-15(5)23(27-17(19)7)13-25-21(11-3)22(12-4)26(29-25)14-24-16(6)20(10-2)18(8)28-24/h13-14,27H,9-12H2,1-8H3/b24-14-,25-13?. The summed E-state index contributed by atoms with van der Waals surface area (Å²) in [6.07, 6.45) is 8.49. The van der Waals surface area contributed by atoms with E-state index in [1.54, 1.807) is 0 Å². The average Bonchev–Trinajstić information content (AvgIpc) is 3.26. The summed E-state index contributed by atoms with van der Waals surface area (Å²) in [5.41, 5.74) is 15.0. The first-order chi connectivity index (χ1) is 13.9. The van der Waals surface area contributed by atoms with E-state index in [-0.39, 0.29) is 0 Å². The van der Waals surface area contributed by atoms with Gasteiger partial charge >= 0.3 is 0 Å². The van der Waals surface area contributed by atoms with Crippen molar-refractivity contribution in [2.75, 3.05) is 0 Å². The molecule has 2 aliphatic heterocycles. The van der Waals surface area contributed by atoms with Crippen LogP contribution in [0, 0.1) is 13.8 Å². The Labute approximate surface area is 176 Å². The van der Waals surface area contributed by atoms with Gasteiger partial charge in [0.15, 0.2) is 0 Å². The van der Waals surface area contributed by atoms with Gasteiger partial charge in [-0.1, -0.05) is 27.7 Å². The molecule has 29 heavy (non-hydrogen) atoms. The zero-order chi connectivity index (χ0) is 21.3. The molecule has 154 valence electrons. The van der Waals surface area contributed by atoms with Crippen molar-refractivity contribution in [3.05, 3.63) is 62.3 Å². The molecule has 0 spiro atoms. The summed E-state index contributed by atoms with van der Waals surface area (Å²) in [5.74, 6) is 0. The molecule has 3 rings (SSSR count). The molecule has 3 heteroatoms. The van der Waals surface area contributed by atoms with E-state index in [1.165, 1.54) is 44.8 Å². The highest BCUT2D eigenvalue weighted by atomic mass is 14.8. The van der Waals surface area contributed by atoms with Crippen molar-refractivity contribution in [1.29, 1.82) is 0 Å². The first kappa shape index (κ1) is 21.3. The normalized spacial score (nSPS) is 19.9. The molecule has 0 saturated carbocycles. The molecule has 0 aromatic carbocycles. The fraction of sp³-hybridized carbons (Fsp3) is 0.462. The van der Waals surface area contributed by atoms with Gasteiger partial charge in [0, 0.05) is 17.1 Å². The van der Waals surface area contributed by atoms with Crippen molar-refractivity contribution in [2.24, 2.45) is 9.98 Å². The molecule has 0 amide bonds. The summed E-state index contributed by atoms with van der Waals surface area (Å²) in [6, 6.07) is 0. The number of nitrogens with one attached hydrogen (secondary N) is 1. The number of allylic oxidation sites excluding steroid dienone is 5. The summed E-state index contributed by atoms with van der Waals surface area (Å²) in [7, 11) is 0. The minimum absolute atomic E-state index is 0.984. The van der Waals surface area contributed by atoms with Crippen molar-refractivity contribution in [3.8, 4) is 0 Å². The molecule has 0 bridgehead atoms. The van der Waals surface area contributed by atoms with Gasteiger partial charge < -0.3 is 4.98 Å². The molecule has 0 unspecified atom stereocenters. The molecular weight excluding hydrogens is 354 g/mol. The molecule has 0 radical (unpaired) electrons. The van der Waals surface area contributed by atoms with Gasteiger partial charge in [-0.2, -0.15) is 0 Å². The highest BCUT2D eigenvalue weighted by Crippen LogP contribution is 2.35. The predicted octanol–water partition coefficient (Wildman–Crippen LogP) is 7.19. The number of hydrogen-bond acceptors (Lipinski definition) is 2. The van der Waals surface area contributed by atoms with Crippen LogP contribution in [-0.4, -0.2) is 16.4 Å². The Morgan fingerprint density at radius 2 is 1.38 bits per heavy atom. The molecule has 3 heterocycles. The summed E-state index contributed by atoms with van der Waals surface area (Å²) >= 11 is 0. The van der Waals surface area contributed by atoms with E-state index in [9.17, 15) is 0 Å². The van der Waals surface area contributed by atoms with E-state index >= 15 is 0 Å². The van der Waals surface area contributed by atoms with Gasteiger partial charge in [0.2, 0.25) is 0 Å². The lowest BCUT2D eigenvalue weighted by molar-refractivity contribution is 1.06. The largest absolute Gasteiger partial charge is 0.359 e. The summed E-state index contributed by atoms with van der Waals surface area (Å²) in [5, 5.41) is 0. The minimum Gasteiger partial charge on any atom is -0.359 e. The Bertz CT molecular complexity index is 1020. The Morgan fingerprint density at radius 1 is 0.724 bits per heavy atom. The van der Waals surface area contributed by atoms with Crippen molar-refractivity contribution in [1.82, 2.24) is 4.98 Å². The lowest BCUT2D eigenvalue weighted by Crippen LogP contribution is -1.98. The lowest BCUT2D eigenvalue weighted by Gasteiger charge is -2.05. The third kappa shape index (κ3) is 3.75. The zero-order valence-electron chi connectivity index (χ0n) is 19.4. The molecule has 1 N–H and O–H groups in total. The highest BCUT2D eigenvalue weighted by molar-refractivity contribution is 6.14. The first-order valence-electron chi connectivity index (χ1n) is 11.0. The van der Waals surface area contributed by atoms with Crippen molar-refractivity contribution in [2.45, 2.75) is 81.1 Å². The number of hydrogen-bond donors (Lipinski definition) is 1. The van der Waals surface area contributed by atoms with Crippen LogP contribution in [0.15, 0.2) is 49.7 Å². The summed E-state index contributed by atoms with van der Waals surface area (Å²) < 4.78 is 0. The van der Waals surface area contributed by atoms with Crippen LogP contribution in [0.1, 0.15) is 83.3 Å². The van der Waals surface area contributed by atoms with Crippen LogP contribution in [0.2, 0.25) is 0 Å². The highest BCUT2D eigenvalue weighted by Gasteiger charge is 2.23. The number of aliphatic imine (C=N–C) groups is 2. The van der Waals surface area contributed by atoms with E-state index in [0.717, 1.165) is 48.5 Å². The van der Waals surface area contributed by atoms with Gasteiger partial charge in [0.1, 0.15) is 0 Å². The second kappa shape index (κ2) is 8.52. The van der Waals surface area contributed by atoms with Gasteiger partial charge in [-0.05, 0) is 98.9 Å². The van der Waals surface area contributed by atoms with E-state index < -0.39 is 0 Å². The average molecular weight is 390 g/mol. The maximum absolute atomic E-state index is 5.08. The third-order valence-corrected chi connectivity index (χ3v) is 6.39. The SMILES string of the molecule is CCC1=C(CC)C(/C=C2\N=C(C)C(CC)=C2C)=NC1=Cc1[nH]c(C)c(CC)c1C. The van der Waals surface area contributed by atoms with Crippen molar-refractivity contribution in [3.63, 3.8) is 0 Å². The third-order valence-electron chi connectivity index (χ3n) is 6.39. The van der Waals surface area contributed by atoms with E-state index in [0.29, 0.717) is 0 Å². The number of aryl methyl sites for hydroxylation is 1. The minimum atomic E-state index is 0.984. The van der Waals surface area contributed by atoms with Crippen molar-refractivity contribution >= 4 is 17.5 Å². The number of rotatable bonds is 6. The fourth-order valence-corrected chi connectivity index (χ4v) is 4.78. The van der Waals surface area contributed by atoms with Crippen LogP contribution < -0.4 is 0 Å². The van der Waals surface area contributed by atoms with Crippen LogP contribution in [0.25, 0.3) is 6.08 Å². The van der Waals surface area contributed by atoms with Crippen LogP contribution in [0.5, 0.6) is 0 Å². The monoisotopic (exact) mass is 389 g/mol. The molecular formula is C26H35N3. The van der Waals surface area contributed by atoms with Gasteiger partial charge in [0.05, 0.1) is 17.1 Å². The summed E-state index contributed by atoms with van der Waals surface area (Å²) in [6.45, 7) is 17.5. The maximum atomic E-state index is 5.08. The second-order valence-electron chi connectivity index (χ2n) is 8.00. The number of nitrogens with zero attached hydrogens (tertiary/aromatic N) is 2. The van der Waals surface area contributed by atoms with E-state index in [2.05, 4.69) is 72.5 Å². The molecule has 0 atom stereocenters. The van der Waals surface area contributed by atoms with Crippen LogP contribution in [0.4, 0.5) is 0 Å².